The quantitative estimate of drug-likeness (QED) is 0.865. The summed E-state index contributed by atoms with van der Waals surface area (Å²) < 4.78 is 5.17. The van der Waals surface area contributed by atoms with Crippen molar-refractivity contribution < 1.29 is 4.74 Å². The van der Waals surface area contributed by atoms with Crippen LogP contribution in [0.2, 0.25) is 0 Å². The zero-order chi connectivity index (χ0) is 13.2. The fourth-order valence-electron chi connectivity index (χ4n) is 2.16. The van der Waals surface area contributed by atoms with E-state index >= 15 is 0 Å². The number of aromatic nitrogens is 2. The summed E-state index contributed by atoms with van der Waals surface area (Å²) in [7, 11) is 1.68. The van der Waals surface area contributed by atoms with Crippen molar-refractivity contribution in [3.05, 3.63) is 35.8 Å². The van der Waals surface area contributed by atoms with E-state index in [1.54, 1.807) is 7.11 Å². The molecule has 2 aromatic rings. The van der Waals surface area contributed by atoms with Crippen LogP contribution in [0.1, 0.15) is 24.4 Å². The highest BCUT2D eigenvalue weighted by Crippen LogP contribution is 2.24. The van der Waals surface area contributed by atoms with Gasteiger partial charge in [0.05, 0.1) is 19.3 Å². The van der Waals surface area contributed by atoms with Gasteiger partial charge in [-0.3, -0.25) is 0 Å². The van der Waals surface area contributed by atoms with E-state index < -0.39 is 0 Å². The molecular weight excluding hydrogens is 238 g/mol. The second-order valence-corrected chi connectivity index (χ2v) is 5.04. The molecule has 0 unspecified atom stereocenters. The number of rotatable bonds is 5. The normalized spacial score (nSPS) is 14.6. The van der Waals surface area contributed by atoms with Crippen molar-refractivity contribution in [2.45, 2.75) is 32.4 Å². The Hall–Kier alpha value is -1.81. The maximum Gasteiger partial charge on any atom is 0.121 e. The Kier molecular flexibility index (Phi) is 3.25. The Labute approximate surface area is 113 Å². The molecule has 1 aromatic heterocycles. The van der Waals surface area contributed by atoms with Crippen molar-refractivity contribution in [3.8, 4) is 17.0 Å². The van der Waals surface area contributed by atoms with Gasteiger partial charge in [-0.25, -0.2) is 4.98 Å². The lowest BCUT2D eigenvalue weighted by Crippen LogP contribution is -2.16. The van der Waals surface area contributed by atoms with Crippen LogP contribution in [0.3, 0.4) is 0 Å². The Balaban J connectivity index is 1.78. The summed E-state index contributed by atoms with van der Waals surface area (Å²) in [5.41, 5.74) is 3.25. The molecule has 4 nitrogen and oxygen atoms in total. The number of ether oxygens (including phenoxy) is 1. The lowest BCUT2D eigenvalue weighted by Gasteiger charge is -2.01. The van der Waals surface area contributed by atoms with Crippen molar-refractivity contribution in [1.29, 1.82) is 0 Å². The predicted molar refractivity (Wildman–Crippen MR) is 75.2 cm³/mol. The van der Waals surface area contributed by atoms with Crippen LogP contribution >= 0.6 is 0 Å². The molecule has 1 saturated carbocycles. The number of imidazole rings is 1. The number of aryl methyl sites for hydroxylation is 1. The molecule has 3 rings (SSSR count). The highest BCUT2D eigenvalue weighted by molar-refractivity contribution is 5.62. The van der Waals surface area contributed by atoms with E-state index in [0.29, 0.717) is 6.04 Å². The van der Waals surface area contributed by atoms with Gasteiger partial charge in [0, 0.05) is 17.3 Å². The summed E-state index contributed by atoms with van der Waals surface area (Å²) in [5.74, 6) is 1.88. The van der Waals surface area contributed by atoms with Crippen LogP contribution < -0.4 is 10.1 Å². The predicted octanol–water partition coefficient (Wildman–Crippen LogP) is 2.65. The first-order valence-corrected chi connectivity index (χ1v) is 6.69. The van der Waals surface area contributed by atoms with Gasteiger partial charge in [0.25, 0.3) is 0 Å². The molecule has 0 atom stereocenters. The third-order valence-electron chi connectivity index (χ3n) is 3.43. The lowest BCUT2D eigenvalue weighted by atomic mass is 10.1. The maximum atomic E-state index is 5.17. The SMILES string of the molecule is COc1ccc(-c2nc(CNC3CC3)[nH]c2C)cc1. The average Bonchev–Trinajstić information content (AvgIpc) is 3.19. The molecule has 1 heterocycles. The number of benzene rings is 1. The highest BCUT2D eigenvalue weighted by Gasteiger charge is 2.20. The molecule has 4 heteroatoms. The van der Waals surface area contributed by atoms with Gasteiger partial charge in [0.15, 0.2) is 0 Å². The smallest absolute Gasteiger partial charge is 0.121 e. The minimum Gasteiger partial charge on any atom is -0.497 e. The van der Waals surface area contributed by atoms with Crippen LogP contribution in [-0.4, -0.2) is 23.1 Å². The Morgan fingerprint density at radius 2 is 2.05 bits per heavy atom. The number of H-pyrrole nitrogens is 1. The fraction of sp³-hybridized carbons (Fsp3) is 0.400. The summed E-state index contributed by atoms with van der Waals surface area (Å²) in [6.07, 6.45) is 2.59. The third kappa shape index (κ3) is 2.79. The van der Waals surface area contributed by atoms with Gasteiger partial charge < -0.3 is 15.0 Å². The zero-order valence-corrected chi connectivity index (χ0v) is 11.4. The van der Waals surface area contributed by atoms with E-state index in [1.165, 1.54) is 12.8 Å². The van der Waals surface area contributed by atoms with E-state index in [2.05, 4.69) is 22.2 Å². The van der Waals surface area contributed by atoms with Crippen LogP contribution in [0, 0.1) is 6.92 Å². The molecule has 0 bridgehead atoms. The van der Waals surface area contributed by atoms with Crippen LogP contribution in [0.5, 0.6) is 5.75 Å². The topological polar surface area (TPSA) is 49.9 Å². The summed E-state index contributed by atoms with van der Waals surface area (Å²) in [4.78, 5) is 8.03. The van der Waals surface area contributed by atoms with Gasteiger partial charge in [0.1, 0.15) is 11.6 Å². The van der Waals surface area contributed by atoms with Gasteiger partial charge in [0.2, 0.25) is 0 Å². The van der Waals surface area contributed by atoms with E-state index in [-0.39, 0.29) is 0 Å². The monoisotopic (exact) mass is 257 g/mol. The van der Waals surface area contributed by atoms with Crippen molar-refractivity contribution in [2.24, 2.45) is 0 Å². The minimum atomic E-state index is 0.704. The highest BCUT2D eigenvalue weighted by atomic mass is 16.5. The Morgan fingerprint density at radius 3 is 2.68 bits per heavy atom. The molecular formula is C15H19N3O. The fourth-order valence-corrected chi connectivity index (χ4v) is 2.16. The number of aromatic amines is 1. The molecule has 2 N–H and O–H groups in total. The van der Waals surface area contributed by atoms with E-state index in [1.807, 2.05) is 24.3 Å². The summed E-state index contributed by atoms with van der Waals surface area (Å²) in [6.45, 7) is 2.88. The number of hydrogen-bond acceptors (Lipinski definition) is 3. The van der Waals surface area contributed by atoms with Gasteiger partial charge in [-0.15, -0.1) is 0 Å². The summed E-state index contributed by atoms with van der Waals surface area (Å²) >= 11 is 0. The molecule has 1 fully saturated rings. The molecule has 0 spiro atoms. The Bertz CT molecular complexity index is 555. The lowest BCUT2D eigenvalue weighted by molar-refractivity contribution is 0.415. The van der Waals surface area contributed by atoms with Crippen LogP contribution in [-0.2, 0) is 6.54 Å². The molecule has 1 aromatic carbocycles. The second-order valence-electron chi connectivity index (χ2n) is 5.04. The van der Waals surface area contributed by atoms with Crippen molar-refractivity contribution in [1.82, 2.24) is 15.3 Å². The number of nitrogens with zero attached hydrogens (tertiary/aromatic N) is 1. The van der Waals surface area contributed by atoms with Gasteiger partial charge in [-0.05, 0) is 44.0 Å². The first-order valence-electron chi connectivity index (χ1n) is 6.69. The van der Waals surface area contributed by atoms with Crippen molar-refractivity contribution >= 4 is 0 Å². The van der Waals surface area contributed by atoms with Crippen molar-refractivity contribution in [3.63, 3.8) is 0 Å². The van der Waals surface area contributed by atoms with Gasteiger partial charge in [-0.1, -0.05) is 0 Å². The largest absolute Gasteiger partial charge is 0.497 e. The number of hydrogen-bond donors (Lipinski definition) is 2. The Morgan fingerprint density at radius 1 is 1.32 bits per heavy atom. The standard InChI is InChI=1S/C15H19N3O/c1-10-15(11-3-7-13(19-2)8-4-11)18-14(17-10)9-16-12-5-6-12/h3-4,7-8,12,16H,5-6,9H2,1-2H3,(H,17,18). The summed E-state index contributed by atoms with van der Waals surface area (Å²) in [6, 6.07) is 8.71. The molecule has 0 radical (unpaired) electrons. The summed E-state index contributed by atoms with van der Waals surface area (Å²) in [5, 5.41) is 3.47. The molecule has 0 amide bonds. The molecule has 1 aliphatic rings. The van der Waals surface area contributed by atoms with E-state index in [0.717, 1.165) is 35.1 Å². The third-order valence-corrected chi connectivity index (χ3v) is 3.43. The van der Waals surface area contributed by atoms with Gasteiger partial charge >= 0.3 is 0 Å². The minimum absolute atomic E-state index is 0.704. The molecule has 19 heavy (non-hydrogen) atoms. The van der Waals surface area contributed by atoms with Gasteiger partial charge in [-0.2, -0.15) is 0 Å². The molecule has 0 saturated heterocycles. The van der Waals surface area contributed by atoms with Crippen LogP contribution in [0.25, 0.3) is 11.3 Å². The number of nitrogens with one attached hydrogen (secondary N) is 2. The molecule has 100 valence electrons. The van der Waals surface area contributed by atoms with E-state index in [4.69, 9.17) is 4.74 Å². The van der Waals surface area contributed by atoms with Crippen LogP contribution in [0.4, 0.5) is 0 Å². The first kappa shape index (κ1) is 12.2. The van der Waals surface area contributed by atoms with Crippen LogP contribution in [0.15, 0.2) is 24.3 Å². The number of methoxy groups -OCH3 is 1. The average molecular weight is 257 g/mol. The van der Waals surface area contributed by atoms with Crippen molar-refractivity contribution in [2.75, 3.05) is 7.11 Å². The first-order chi connectivity index (χ1) is 9.26. The molecule has 1 aliphatic carbocycles. The van der Waals surface area contributed by atoms with E-state index in [9.17, 15) is 0 Å². The maximum absolute atomic E-state index is 5.17. The zero-order valence-electron chi connectivity index (χ0n) is 11.4. The second kappa shape index (κ2) is 5.05. The molecule has 0 aliphatic heterocycles.